The van der Waals surface area contributed by atoms with Crippen molar-refractivity contribution in [2.45, 2.75) is 50.9 Å². The summed E-state index contributed by atoms with van der Waals surface area (Å²) < 4.78 is 10.6. The molecule has 0 saturated heterocycles. The van der Waals surface area contributed by atoms with E-state index in [2.05, 4.69) is 27.4 Å². The van der Waals surface area contributed by atoms with Gasteiger partial charge in [0.1, 0.15) is 22.5 Å². The molecule has 1 N–H and O–H groups in total. The van der Waals surface area contributed by atoms with Gasteiger partial charge in [-0.05, 0) is 93.6 Å². The summed E-state index contributed by atoms with van der Waals surface area (Å²) in [6.45, 7) is 4.02. The minimum atomic E-state index is -0.710. The highest BCUT2D eigenvalue weighted by atomic mass is 32.2. The summed E-state index contributed by atoms with van der Waals surface area (Å²) in [7, 11) is 3.24. The third-order valence-electron chi connectivity index (χ3n) is 7.57. The topological polar surface area (TPSA) is 107 Å². The summed E-state index contributed by atoms with van der Waals surface area (Å²) in [5, 5.41) is 6.33. The Kier molecular flexibility index (Phi) is 10.9. The van der Waals surface area contributed by atoms with Crippen molar-refractivity contribution in [2.75, 3.05) is 25.3 Å². The number of hydrogen-bond donors (Lipinski definition) is 1. The molecule has 5 rings (SSSR count). The molecule has 11 heteroatoms. The Morgan fingerprint density at radius 2 is 1.64 bits per heavy atom. The number of carbonyl (C=O) groups excluding carboxylic acids is 2. The van der Waals surface area contributed by atoms with Gasteiger partial charge in [0.25, 0.3) is 0 Å². The summed E-state index contributed by atoms with van der Waals surface area (Å²) in [5.41, 5.74) is 4.08. The molecule has 2 unspecified atom stereocenters. The van der Waals surface area contributed by atoms with Gasteiger partial charge in [-0.15, -0.1) is 11.3 Å². The third kappa shape index (κ3) is 8.49. The number of benzene rings is 2. The fourth-order valence-electron chi connectivity index (χ4n) is 5.34. The van der Waals surface area contributed by atoms with Crippen LogP contribution in [0.3, 0.4) is 0 Å². The zero-order valence-corrected chi connectivity index (χ0v) is 27.5. The molecule has 2 aromatic carbocycles. The molecule has 4 aromatic rings. The van der Waals surface area contributed by atoms with Gasteiger partial charge in [0.2, 0.25) is 11.8 Å². The van der Waals surface area contributed by atoms with Crippen LogP contribution in [0.2, 0.25) is 0 Å². The Bertz CT molecular complexity index is 1620. The van der Waals surface area contributed by atoms with Gasteiger partial charge in [-0.3, -0.25) is 9.59 Å². The quantitative estimate of drug-likeness (QED) is 0.103. The molecule has 1 aliphatic rings. The van der Waals surface area contributed by atoms with Crippen LogP contribution in [0.1, 0.15) is 35.7 Å². The Hall–Kier alpha value is -4.22. The summed E-state index contributed by atoms with van der Waals surface area (Å²) in [6, 6.07) is 16.1. The van der Waals surface area contributed by atoms with Crippen LogP contribution in [0.25, 0.3) is 11.3 Å². The van der Waals surface area contributed by atoms with E-state index in [-0.39, 0.29) is 30.0 Å². The number of amides is 2. The lowest BCUT2D eigenvalue weighted by Crippen LogP contribution is -2.51. The van der Waals surface area contributed by atoms with Gasteiger partial charge < -0.3 is 19.7 Å². The van der Waals surface area contributed by atoms with Gasteiger partial charge in [0, 0.05) is 28.0 Å². The first kappa shape index (κ1) is 32.2. The molecular formula is C34H37N5O4S2. The number of carbonyl (C=O) groups is 2. The summed E-state index contributed by atoms with van der Waals surface area (Å²) >= 11 is 2.76. The van der Waals surface area contributed by atoms with E-state index in [9.17, 15) is 9.59 Å². The van der Waals surface area contributed by atoms with E-state index in [1.165, 1.54) is 23.1 Å². The third-order valence-corrected chi connectivity index (χ3v) is 9.23. The Morgan fingerprint density at radius 3 is 2.27 bits per heavy atom. The number of aryl methyl sites for hydroxylation is 2. The maximum atomic E-state index is 14.2. The molecule has 2 atom stereocenters. The highest BCUT2D eigenvalue weighted by Gasteiger charge is 2.37. The highest BCUT2D eigenvalue weighted by Crippen LogP contribution is 2.31. The van der Waals surface area contributed by atoms with Crippen LogP contribution in [-0.2, 0) is 16.1 Å². The van der Waals surface area contributed by atoms with Crippen molar-refractivity contribution in [1.29, 1.82) is 0 Å². The lowest BCUT2D eigenvalue weighted by molar-refractivity contribution is -0.139. The van der Waals surface area contributed by atoms with Crippen molar-refractivity contribution in [3.05, 3.63) is 88.5 Å². The van der Waals surface area contributed by atoms with Crippen molar-refractivity contribution in [3.8, 4) is 22.8 Å². The molecule has 0 spiro atoms. The van der Waals surface area contributed by atoms with Crippen molar-refractivity contribution in [2.24, 2.45) is 5.92 Å². The molecule has 9 nitrogen and oxygen atoms in total. The number of ether oxygens (including phenoxy) is 2. The molecule has 2 heterocycles. The fraction of sp³-hybridized carbons (Fsp3) is 0.324. The second-order valence-corrected chi connectivity index (χ2v) is 12.7. The number of rotatable bonds is 12. The number of methoxy groups -OCH3 is 2. The minimum Gasteiger partial charge on any atom is -0.497 e. The second kappa shape index (κ2) is 15.2. The number of thiazole rings is 1. The molecule has 0 radical (unpaired) electrons. The molecule has 2 aromatic heterocycles. The first-order valence-corrected chi connectivity index (χ1v) is 16.6. The van der Waals surface area contributed by atoms with Crippen molar-refractivity contribution < 1.29 is 19.1 Å². The monoisotopic (exact) mass is 643 g/mol. The number of thioether (sulfide) groups is 1. The average molecular weight is 644 g/mol. The van der Waals surface area contributed by atoms with Gasteiger partial charge in [0.15, 0.2) is 5.16 Å². The molecule has 0 aliphatic heterocycles. The van der Waals surface area contributed by atoms with Crippen molar-refractivity contribution in [3.63, 3.8) is 0 Å². The lowest BCUT2D eigenvalue weighted by Gasteiger charge is -2.36. The van der Waals surface area contributed by atoms with Gasteiger partial charge in [-0.2, -0.15) is 0 Å². The fourth-order valence-corrected chi connectivity index (χ4v) is 6.97. The maximum absolute atomic E-state index is 14.2. The summed E-state index contributed by atoms with van der Waals surface area (Å²) in [5.74, 6) is 1.10. The van der Waals surface area contributed by atoms with Gasteiger partial charge in [-0.25, -0.2) is 15.0 Å². The standard InChI is InChI=1S/C34H37N5O4S2/c1-22-18-23(2)36-34(35-22)45-21-31(40)39(19-30-38-29(20-44-30)24-10-14-27(42-3)15-11-24)32(25-8-6-5-7-9-25)33(41)37-26-12-16-28(43-4)17-13-26/h5-6,10-18,20,25,32H,7-9,19,21H2,1-4H3,(H,37,41). The molecule has 1 aliphatic carbocycles. The van der Waals surface area contributed by atoms with E-state index < -0.39 is 6.04 Å². The Labute approximate surface area is 272 Å². The zero-order chi connectivity index (χ0) is 31.8. The average Bonchev–Trinajstić information content (AvgIpc) is 3.52. The molecule has 0 saturated carbocycles. The number of hydrogen-bond acceptors (Lipinski definition) is 9. The van der Waals surface area contributed by atoms with E-state index in [0.717, 1.165) is 46.2 Å². The summed E-state index contributed by atoms with van der Waals surface area (Å²) in [6.07, 6.45) is 6.59. The van der Waals surface area contributed by atoms with E-state index in [0.29, 0.717) is 23.0 Å². The summed E-state index contributed by atoms with van der Waals surface area (Å²) in [4.78, 5) is 43.9. The van der Waals surface area contributed by atoms with Crippen molar-refractivity contribution in [1.82, 2.24) is 19.9 Å². The maximum Gasteiger partial charge on any atom is 0.247 e. The first-order chi connectivity index (χ1) is 21.8. The molecule has 2 amide bonds. The molecule has 234 valence electrons. The Balaban J connectivity index is 1.45. The predicted molar refractivity (Wildman–Crippen MR) is 179 cm³/mol. The number of allylic oxidation sites excluding steroid dienone is 2. The van der Waals surface area contributed by atoms with Gasteiger partial charge >= 0.3 is 0 Å². The van der Waals surface area contributed by atoms with E-state index >= 15 is 0 Å². The van der Waals surface area contributed by atoms with Gasteiger partial charge in [-0.1, -0.05) is 23.9 Å². The minimum absolute atomic E-state index is 0.0549. The van der Waals surface area contributed by atoms with E-state index in [1.54, 1.807) is 43.4 Å². The van der Waals surface area contributed by atoms with Crippen molar-refractivity contribution >= 4 is 40.6 Å². The van der Waals surface area contributed by atoms with Crippen LogP contribution in [-0.4, -0.2) is 57.7 Å². The number of nitrogens with one attached hydrogen (secondary N) is 1. The van der Waals surface area contributed by atoms with Crippen LogP contribution >= 0.6 is 23.1 Å². The van der Waals surface area contributed by atoms with Crippen LogP contribution in [0.15, 0.2) is 77.3 Å². The molecular weight excluding hydrogens is 607 g/mol. The van der Waals surface area contributed by atoms with Crippen LogP contribution in [0, 0.1) is 19.8 Å². The normalized spacial score (nSPS) is 14.9. The SMILES string of the molecule is COc1ccc(NC(=O)C(C2CC=CCC2)N(Cc2nc(-c3ccc(OC)cc3)cs2)C(=O)CSc2nc(C)cc(C)n2)cc1. The van der Waals surface area contributed by atoms with Crippen LogP contribution in [0.5, 0.6) is 11.5 Å². The van der Waals surface area contributed by atoms with Crippen LogP contribution in [0.4, 0.5) is 5.69 Å². The zero-order valence-electron chi connectivity index (χ0n) is 25.9. The van der Waals surface area contributed by atoms with E-state index in [4.69, 9.17) is 14.5 Å². The lowest BCUT2D eigenvalue weighted by atomic mass is 9.86. The van der Waals surface area contributed by atoms with Gasteiger partial charge in [0.05, 0.1) is 32.2 Å². The molecule has 0 fully saturated rings. The first-order valence-electron chi connectivity index (χ1n) is 14.8. The largest absolute Gasteiger partial charge is 0.497 e. The highest BCUT2D eigenvalue weighted by molar-refractivity contribution is 7.99. The number of anilines is 1. The molecule has 0 bridgehead atoms. The molecule has 45 heavy (non-hydrogen) atoms. The number of nitrogens with zero attached hydrogens (tertiary/aromatic N) is 4. The second-order valence-electron chi connectivity index (χ2n) is 10.8. The smallest absolute Gasteiger partial charge is 0.247 e. The Morgan fingerprint density at radius 1 is 0.978 bits per heavy atom. The predicted octanol–water partition coefficient (Wildman–Crippen LogP) is 6.72. The number of aromatic nitrogens is 3. The van der Waals surface area contributed by atoms with E-state index in [1.807, 2.05) is 49.6 Å². The van der Waals surface area contributed by atoms with Crippen LogP contribution < -0.4 is 14.8 Å².